The third kappa shape index (κ3) is 1.29. The van der Waals surface area contributed by atoms with Gasteiger partial charge in [-0.1, -0.05) is 0 Å². The zero-order valence-electron chi connectivity index (χ0n) is 8.07. The van der Waals surface area contributed by atoms with Crippen molar-refractivity contribution in [2.75, 3.05) is 11.9 Å². The molecule has 1 aromatic carbocycles. The maximum atomic E-state index is 12.8. The van der Waals surface area contributed by atoms with E-state index in [0.29, 0.717) is 0 Å². The highest BCUT2D eigenvalue weighted by molar-refractivity contribution is 5.53. The summed E-state index contributed by atoms with van der Waals surface area (Å²) in [5.74, 6) is -0.222. The summed E-state index contributed by atoms with van der Waals surface area (Å²) in [6.07, 6.45) is 2.78. The van der Waals surface area contributed by atoms with E-state index in [1.165, 1.54) is 17.8 Å². The molecule has 0 amide bonds. The van der Waals surface area contributed by atoms with Crippen LogP contribution in [-0.2, 0) is 6.42 Å². The molecule has 0 bridgehead atoms. The summed E-state index contributed by atoms with van der Waals surface area (Å²) in [6.45, 7) is 0.953. The number of nitrogens with zero attached hydrogens (tertiary/aromatic N) is 2. The normalized spacial score (nSPS) is 13.7. The lowest BCUT2D eigenvalue weighted by Gasteiger charge is -2.04. The Hall–Kier alpha value is -1.84. The van der Waals surface area contributed by atoms with Gasteiger partial charge in [0, 0.05) is 13.0 Å². The van der Waals surface area contributed by atoms with Gasteiger partial charge in [-0.15, -0.1) is 0 Å². The van der Waals surface area contributed by atoms with Gasteiger partial charge in [0.25, 0.3) is 0 Å². The molecule has 0 aliphatic carbocycles. The largest absolute Gasteiger partial charge is 0.382 e. The first-order chi connectivity index (χ1) is 7.34. The lowest BCUT2D eigenvalue weighted by Crippen LogP contribution is -2.01. The fourth-order valence-electron chi connectivity index (χ4n) is 1.88. The topological polar surface area (TPSA) is 29.9 Å². The predicted octanol–water partition coefficient (Wildman–Crippen LogP) is 1.98. The Morgan fingerprint density at radius 2 is 2.07 bits per heavy atom. The van der Waals surface area contributed by atoms with E-state index >= 15 is 0 Å². The lowest BCUT2D eigenvalue weighted by atomic mass is 10.3. The van der Waals surface area contributed by atoms with Gasteiger partial charge in [0.15, 0.2) is 0 Å². The first-order valence-electron chi connectivity index (χ1n) is 4.91. The summed E-state index contributed by atoms with van der Waals surface area (Å²) in [5.41, 5.74) is 3.15. The van der Waals surface area contributed by atoms with Crippen LogP contribution in [0.2, 0.25) is 0 Å². The third-order valence-electron chi connectivity index (χ3n) is 2.62. The molecule has 0 atom stereocenters. The summed E-state index contributed by atoms with van der Waals surface area (Å²) in [7, 11) is 0. The van der Waals surface area contributed by atoms with E-state index in [4.69, 9.17) is 0 Å². The molecule has 4 heteroatoms. The van der Waals surface area contributed by atoms with Crippen molar-refractivity contribution in [1.82, 2.24) is 9.78 Å². The summed E-state index contributed by atoms with van der Waals surface area (Å²) in [5, 5.41) is 7.51. The standard InChI is InChI=1S/C11H10FN3/c12-8-1-3-9(4-2-8)15-11-5-6-13-10(11)7-14-15/h1-4,7,13H,5-6H2. The molecule has 1 aliphatic heterocycles. The Morgan fingerprint density at radius 3 is 2.87 bits per heavy atom. The monoisotopic (exact) mass is 203 g/mol. The number of aromatic nitrogens is 2. The number of halogens is 1. The van der Waals surface area contributed by atoms with Gasteiger partial charge in [-0.05, 0) is 24.3 Å². The van der Waals surface area contributed by atoms with Gasteiger partial charge in [0.1, 0.15) is 5.82 Å². The van der Waals surface area contributed by atoms with Gasteiger partial charge >= 0.3 is 0 Å². The molecule has 0 unspecified atom stereocenters. The van der Waals surface area contributed by atoms with Gasteiger partial charge < -0.3 is 5.32 Å². The van der Waals surface area contributed by atoms with Crippen molar-refractivity contribution in [3.8, 4) is 5.69 Å². The number of anilines is 1. The second kappa shape index (κ2) is 3.08. The molecule has 3 rings (SSSR count). The second-order valence-electron chi connectivity index (χ2n) is 3.57. The molecule has 0 saturated heterocycles. The third-order valence-corrected chi connectivity index (χ3v) is 2.62. The van der Waals surface area contributed by atoms with Crippen LogP contribution in [-0.4, -0.2) is 16.3 Å². The Bertz CT molecular complexity index is 487. The minimum atomic E-state index is -0.222. The van der Waals surface area contributed by atoms with Gasteiger partial charge in [-0.25, -0.2) is 9.07 Å². The number of nitrogens with one attached hydrogen (secondary N) is 1. The zero-order chi connectivity index (χ0) is 10.3. The average molecular weight is 203 g/mol. The summed E-state index contributed by atoms with van der Waals surface area (Å²) in [6, 6.07) is 6.37. The van der Waals surface area contributed by atoms with Crippen molar-refractivity contribution in [1.29, 1.82) is 0 Å². The van der Waals surface area contributed by atoms with Gasteiger partial charge in [0.2, 0.25) is 0 Å². The highest BCUT2D eigenvalue weighted by Gasteiger charge is 2.16. The van der Waals surface area contributed by atoms with Crippen molar-refractivity contribution in [2.24, 2.45) is 0 Å². The number of fused-ring (bicyclic) bond motifs is 1. The van der Waals surface area contributed by atoms with Crippen molar-refractivity contribution in [3.63, 3.8) is 0 Å². The SMILES string of the molecule is Fc1ccc(-n2ncc3c2CCN3)cc1. The van der Waals surface area contributed by atoms with Crippen LogP contribution < -0.4 is 5.32 Å². The minimum absolute atomic E-state index is 0.222. The number of benzene rings is 1. The highest BCUT2D eigenvalue weighted by atomic mass is 19.1. The van der Waals surface area contributed by atoms with Crippen molar-refractivity contribution < 1.29 is 4.39 Å². The van der Waals surface area contributed by atoms with Crippen LogP contribution in [0.25, 0.3) is 5.69 Å². The molecule has 15 heavy (non-hydrogen) atoms. The van der Waals surface area contributed by atoms with Crippen molar-refractivity contribution >= 4 is 5.69 Å². The minimum Gasteiger partial charge on any atom is -0.382 e. The first-order valence-corrected chi connectivity index (χ1v) is 4.91. The molecular formula is C11H10FN3. The van der Waals surface area contributed by atoms with E-state index in [9.17, 15) is 4.39 Å². The van der Waals surface area contributed by atoms with E-state index in [-0.39, 0.29) is 5.82 Å². The average Bonchev–Trinajstić information content (AvgIpc) is 2.80. The number of hydrogen-bond acceptors (Lipinski definition) is 2. The molecule has 0 spiro atoms. The Morgan fingerprint density at radius 1 is 1.27 bits per heavy atom. The number of rotatable bonds is 1. The fourth-order valence-corrected chi connectivity index (χ4v) is 1.88. The molecule has 2 aromatic rings. The van der Waals surface area contributed by atoms with E-state index in [0.717, 1.165) is 24.3 Å². The van der Waals surface area contributed by atoms with E-state index in [2.05, 4.69) is 10.4 Å². The van der Waals surface area contributed by atoms with E-state index < -0.39 is 0 Å². The van der Waals surface area contributed by atoms with E-state index in [1.54, 1.807) is 12.1 Å². The summed E-state index contributed by atoms with van der Waals surface area (Å²) >= 11 is 0. The maximum absolute atomic E-state index is 12.8. The molecule has 0 radical (unpaired) electrons. The van der Waals surface area contributed by atoms with Crippen LogP contribution >= 0.6 is 0 Å². The number of hydrogen-bond donors (Lipinski definition) is 1. The van der Waals surface area contributed by atoms with Gasteiger partial charge in [0.05, 0.1) is 23.3 Å². The molecule has 76 valence electrons. The maximum Gasteiger partial charge on any atom is 0.123 e. The fraction of sp³-hybridized carbons (Fsp3) is 0.182. The molecule has 0 fully saturated rings. The van der Waals surface area contributed by atoms with Gasteiger partial charge in [-0.2, -0.15) is 5.10 Å². The summed E-state index contributed by atoms with van der Waals surface area (Å²) in [4.78, 5) is 0. The van der Waals surface area contributed by atoms with Crippen LogP contribution in [0.3, 0.4) is 0 Å². The van der Waals surface area contributed by atoms with E-state index in [1.807, 2.05) is 10.9 Å². The molecule has 0 saturated carbocycles. The lowest BCUT2D eigenvalue weighted by molar-refractivity contribution is 0.626. The molecule has 3 nitrogen and oxygen atoms in total. The smallest absolute Gasteiger partial charge is 0.123 e. The molecular weight excluding hydrogens is 193 g/mol. The second-order valence-corrected chi connectivity index (χ2v) is 3.57. The first kappa shape index (κ1) is 8.47. The molecule has 1 aliphatic rings. The van der Waals surface area contributed by atoms with Gasteiger partial charge in [-0.3, -0.25) is 0 Å². The molecule has 1 N–H and O–H groups in total. The van der Waals surface area contributed by atoms with Crippen LogP contribution in [0.5, 0.6) is 0 Å². The quantitative estimate of drug-likeness (QED) is 0.768. The van der Waals surface area contributed by atoms with Crippen LogP contribution in [0.15, 0.2) is 30.5 Å². The van der Waals surface area contributed by atoms with Crippen LogP contribution in [0.1, 0.15) is 5.69 Å². The van der Waals surface area contributed by atoms with Crippen LogP contribution in [0, 0.1) is 5.82 Å². The summed E-state index contributed by atoms with van der Waals surface area (Å²) < 4.78 is 14.6. The molecule has 2 heterocycles. The Balaban J connectivity index is 2.09. The van der Waals surface area contributed by atoms with Crippen LogP contribution in [0.4, 0.5) is 10.1 Å². The zero-order valence-corrected chi connectivity index (χ0v) is 8.07. The molecule has 1 aromatic heterocycles. The Kier molecular flexibility index (Phi) is 1.74. The highest BCUT2D eigenvalue weighted by Crippen LogP contribution is 2.24. The van der Waals surface area contributed by atoms with Crippen molar-refractivity contribution in [2.45, 2.75) is 6.42 Å². The predicted molar refractivity (Wildman–Crippen MR) is 55.7 cm³/mol. The Labute approximate surface area is 86.5 Å². The van der Waals surface area contributed by atoms with Crippen molar-refractivity contribution in [3.05, 3.63) is 42.0 Å².